The van der Waals surface area contributed by atoms with E-state index in [1.807, 2.05) is 28.9 Å². The van der Waals surface area contributed by atoms with Gasteiger partial charge in [0.05, 0.1) is 12.2 Å². The van der Waals surface area contributed by atoms with Crippen LogP contribution < -0.4 is 5.73 Å². The third-order valence-corrected chi connectivity index (χ3v) is 3.82. The molecule has 1 heterocycles. The van der Waals surface area contributed by atoms with Gasteiger partial charge in [-0.1, -0.05) is 58.8 Å². The summed E-state index contributed by atoms with van der Waals surface area (Å²) >= 11 is 5.97. The Morgan fingerprint density at radius 2 is 1.73 bits per heavy atom. The molecule has 0 unspecified atom stereocenters. The van der Waals surface area contributed by atoms with Crippen molar-refractivity contribution < 1.29 is 0 Å². The van der Waals surface area contributed by atoms with Crippen LogP contribution in [0.15, 0.2) is 48.5 Å². The molecule has 0 atom stereocenters. The summed E-state index contributed by atoms with van der Waals surface area (Å²) in [4.78, 5) is 0. The van der Waals surface area contributed by atoms with Crippen LogP contribution in [0.5, 0.6) is 0 Å². The van der Waals surface area contributed by atoms with Crippen molar-refractivity contribution in [1.82, 2.24) is 15.0 Å². The van der Waals surface area contributed by atoms with Crippen molar-refractivity contribution in [2.24, 2.45) is 5.73 Å². The summed E-state index contributed by atoms with van der Waals surface area (Å²) in [5.74, 6) is 0. The quantitative estimate of drug-likeness (QED) is 0.803. The van der Waals surface area contributed by atoms with Gasteiger partial charge in [0.1, 0.15) is 5.69 Å². The molecule has 3 aromatic rings. The van der Waals surface area contributed by atoms with Gasteiger partial charge in [0, 0.05) is 17.1 Å². The maximum absolute atomic E-state index is 5.97. The Balaban J connectivity index is 1.99. The van der Waals surface area contributed by atoms with Crippen molar-refractivity contribution in [3.63, 3.8) is 0 Å². The van der Waals surface area contributed by atoms with Crippen LogP contribution in [0, 0.1) is 6.92 Å². The van der Waals surface area contributed by atoms with Gasteiger partial charge in [0.15, 0.2) is 0 Å². The summed E-state index contributed by atoms with van der Waals surface area (Å²) in [6.45, 7) is 3.09. The lowest BCUT2D eigenvalue weighted by Crippen LogP contribution is -2.05. The summed E-state index contributed by atoms with van der Waals surface area (Å²) in [7, 11) is 0. The largest absolute Gasteiger partial charge is 0.325 e. The summed E-state index contributed by atoms with van der Waals surface area (Å²) in [6.07, 6.45) is 0. The highest BCUT2D eigenvalue weighted by atomic mass is 35.5. The molecule has 1 aromatic heterocycles. The number of hydrogen-bond acceptors (Lipinski definition) is 3. The smallest absolute Gasteiger partial charge is 0.104 e. The third-order valence-electron chi connectivity index (χ3n) is 3.57. The molecular formula is C17H17ClN4. The molecule has 0 aliphatic carbocycles. The maximum Gasteiger partial charge on any atom is 0.104 e. The summed E-state index contributed by atoms with van der Waals surface area (Å²) in [5, 5.41) is 9.16. The van der Waals surface area contributed by atoms with Crippen LogP contribution in [0.25, 0.3) is 11.3 Å². The lowest BCUT2D eigenvalue weighted by atomic mass is 10.1. The molecule has 3 rings (SSSR count). The molecule has 2 aromatic carbocycles. The minimum atomic E-state index is 0.353. The zero-order chi connectivity index (χ0) is 15.5. The Hall–Kier alpha value is -2.17. The first-order valence-electron chi connectivity index (χ1n) is 7.11. The van der Waals surface area contributed by atoms with Crippen molar-refractivity contribution in [2.45, 2.75) is 20.0 Å². The molecule has 0 aliphatic rings. The molecule has 4 nitrogen and oxygen atoms in total. The maximum atomic E-state index is 5.97. The summed E-state index contributed by atoms with van der Waals surface area (Å²) < 4.78 is 1.89. The number of aryl methyl sites for hydroxylation is 1. The predicted octanol–water partition coefficient (Wildman–Crippen LogP) is 3.41. The second-order valence-electron chi connectivity index (χ2n) is 5.24. The van der Waals surface area contributed by atoms with Gasteiger partial charge in [-0.2, -0.15) is 0 Å². The molecule has 0 saturated carbocycles. The fraction of sp³-hybridized carbons (Fsp3) is 0.176. The second kappa shape index (κ2) is 6.30. The van der Waals surface area contributed by atoms with E-state index in [-0.39, 0.29) is 0 Å². The number of benzene rings is 2. The summed E-state index contributed by atoms with van der Waals surface area (Å²) in [5.41, 5.74) is 11.0. The van der Waals surface area contributed by atoms with E-state index in [2.05, 4.69) is 41.5 Å². The van der Waals surface area contributed by atoms with Gasteiger partial charge in [-0.15, -0.1) is 5.10 Å². The fourth-order valence-electron chi connectivity index (χ4n) is 2.39. The van der Waals surface area contributed by atoms with Crippen LogP contribution in [-0.4, -0.2) is 15.0 Å². The highest BCUT2D eigenvalue weighted by Gasteiger charge is 2.14. The number of halogens is 1. The van der Waals surface area contributed by atoms with E-state index in [0.29, 0.717) is 18.1 Å². The first kappa shape index (κ1) is 14.8. The monoisotopic (exact) mass is 312 g/mol. The number of rotatable bonds is 4. The van der Waals surface area contributed by atoms with Gasteiger partial charge in [0.2, 0.25) is 0 Å². The zero-order valence-electron chi connectivity index (χ0n) is 12.3. The molecule has 0 fully saturated rings. The second-order valence-corrected chi connectivity index (χ2v) is 5.68. The first-order chi connectivity index (χ1) is 10.7. The minimum absolute atomic E-state index is 0.353. The Morgan fingerprint density at radius 1 is 1.05 bits per heavy atom. The lowest BCUT2D eigenvalue weighted by Gasteiger charge is -2.08. The topological polar surface area (TPSA) is 56.7 Å². The SMILES string of the molecule is Cc1ccc(Cn2nnc(CN)c2-c2ccc(Cl)cc2)cc1. The van der Waals surface area contributed by atoms with Gasteiger partial charge in [-0.05, 0) is 24.6 Å². The van der Waals surface area contributed by atoms with E-state index >= 15 is 0 Å². The predicted molar refractivity (Wildman–Crippen MR) is 88.6 cm³/mol. The number of hydrogen-bond donors (Lipinski definition) is 1. The van der Waals surface area contributed by atoms with Gasteiger partial charge in [-0.25, -0.2) is 4.68 Å². The van der Waals surface area contributed by atoms with Crippen LogP contribution in [0.3, 0.4) is 0 Å². The van der Waals surface area contributed by atoms with Gasteiger partial charge in [0.25, 0.3) is 0 Å². The van der Waals surface area contributed by atoms with E-state index < -0.39 is 0 Å². The average Bonchev–Trinajstić information content (AvgIpc) is 2.93. The highest BCUT2D eigenvalue weighted by Crippen LogP contribution is 2.24. The van der Waals surface area contributed by atoms with E-state index in [9.17, 15) is 0 Å². The Morgan fingerprint density at radius 3 is 2.36 bits per heavy atom. The standard InChI is InChI=1S/C17H17ClN4/c1-12-2-4-13(5-3-12)11-22-17(16(10-19)20-21-22)14-6-8-15(18)9-7-14/h2-9H,10-11,19H2,1H3. The lowest BCUT2D eigenvalue weighted by molar-refractivity contribution is 0.654. The molecule has 5 heteroatoms. The van der Waals surface area contributed by atoms with Crippen molar-refractivity contribution in [3.05, 3.63) is 70.4 Å². The number of nitrogens with zero attached hydrogens (tertiary/aromatic N) is 3. The van der Waals surface area contributed by atoms with E-state index in [0.717, 1.165) is 17.0 Å². The Bertz CT molecular complexity index is 760. The van der Waals surface area contributed by atoms with Crippen LogP contribution in [-0.2, 0) is 13.1 Å². The Labute approximate surface area is 134 Å². The molecular weight excluding hydrogens is 296 g/mol. The third kappa shape index (κ3) is 3.03. The molecule has 0 saturated heterocycles. The normalized spacial score (nSPS) is 10.9. The summed E-state index contributed by atoms with van der Waals surface area (Å²) in [6, 6.07) is 16.0. The minimum Gasteiger partial charge on any atom is -0.325 e. The molecule has 2 N–H and O–H groups in total. The zero-order valence-corrected chi connectivity index (χ0v) is 13.1. The molecule has 0 amide bonds. The average molecular weight is 313 g/mol. The van der Waals surface area contributed by atoms with Crippen LogP contribution in [0.2, 0.25) is 5.02 Å². The van der Waals surface area contributed by atoms with Crippen LogP contribution in [0.4, 0.5) is 0 Å². The molecule has 112 valence electrons. The highest BCUT2D eigenvalue weighted by molar-refractivity contribution is 6.30. The molecule has 0 aliphatic heterocycles. The van der Waals surface area contributed by atoms with Crippen LogP contribution >= 0.6 is 11.6 Å². The van der Waals surface area contributed by atoms with Gasteiger partial charge in [-0.3, -0.25) is 0 Å². The van der Waals surface area contributed by atoms with Crippen LogP contribution in [0.1, 0.15) is 16.8 Å². The van der Waals surface area contributed by atoms with Crippen molar-refractivity contribution in [2.75, 3.05) is 0 Å². The van der Waals surface area contributed by atoms with E-state index in [4.69, 9.17) is 17.3 Å². The molecule has 0 bridgehead atoms. The fourth-order valence-corrected chi connectivity index (χ4v) is 2.51. The van der Waals surface area contributed by atoms with Gasteiger partial charge < -0.3 is 5.73 Å². The van der Waals surface area contributed by atoms with Gasteiger partial charge >= 0.3 is 0 Å². The molecule has 22 heavy (non-hydrogen) atoms. The van der Waals surface area contributed by atoms with Crippen molar-refractivity contribution in [3.8, 4) is 11.3 Å². The van der Waals surface area contributed by atoms with E-state index in [1.165, 1.54) is 11.1 Å². The first-order valence-corrected chi connectivity index (χ1v) is 7.49. The molecule has 0 spiro atoms. The Kier molecular flexibility index (Phi) is 4.22. The molecule has 0 radical (unpaired) electrons. The number of aromatic nitrogens is 3. The van der Waals surface area contributed by atoms with E-state index in [1.54, 1.807) is 0 Å². The van der Waals surface area contributed by atoms with Crippen molar-refractivity contribution >= 4 is 11.6 Å². The van der Waals surface area contributed by atoms with Crippen molar-refractivity contribution in [1.29, 1.82) is 0 Å². The number of nitrogens with two attached hydrogens (primary N) is 1.